The number of sulfone groups is 1. The molecular weight excluding hydrogens is 548 g/mol. The van der Waals surface area contributed by atoms with E-state index in [4.69, 9.17) is 16.3 Å². The van der Waals surface area contributed by atoms with Gasteiger partial charge in [0.15, 0.2) is 9.84 Å². The average molecular weight is 581 g/mol. The smallest absolute Gasteiger partial charge is 0.310 e. The maximum absolute atomic E-state index is 13.0. The van der Waals surface area contributed by atoms with Crippen molar-refractivity contribution in [2.24, 2.45) is 5.92 Å². The molecule has 0 radical (unpaired) electrons. The van der Waals surface area contributed by atoms with E-state index in [-0.39, 0.29) is 17.6 Å². The molecular formula is C32H33ClO4S2. The Morgan fingerprint density at radius 2 is 1.72 bits per heavy atom. The van der Waals surface area contributed by atoms with E-state index in [0.29, 0.717) is 12.8 Å². The largest absolute Gasteiger partial charge is 0.460 e. The van der Waals surface area contributed by atoms with E-state index < -0.39 is 15.4 Å². The molecule has 0 saturated carbocycles. The molecule has 4 nitrogen and oxygen atoms in total. The number of benzene rings is 3. The minimum absolute atomic E-state index is 0.0456. The van der Waals surface area contributed by atoms with Gasteiger partial charge in [-0.1, -0.05) is 66.2 Å². The maximum Gasteiger partial charge on any atom is 0.310 e. The van der Waals surface area contributed by atoms with Crippen molar-refractivity contribution in [3.63, 3.8) is 0 Å². The standard InChI is InChI=1S/C32H33ClO4S2/c1-32(2,3)37-31(34)23-13-12-22-14-15-24-25-6-5-7-28(33)30(25)29(17-27(24)26(22)16-23)38-18-20-8-10-21(11-9-20)19-39(4,35)36/h5-12,14-15,23H,13,16-19H2,1-4H3. The normalized spacial score (nSPS) is 16.5. The molecule has 1 unspecified atom stereocenters. The third-order valence-corrected chi connectivity index (χ3v) is 9.41. The quantitative estimate of drug-likeness (QED) is 0.363. The second kappa shape index (κ2) is 10.8. The van der Waals surface area contributed by atoms with E-state index in [9.17, 15) is 13.2 Å². The Morgan fingerprint density at radius 3 is 2.41 bits per heavy atom. The highest BCUT2D eigenvalue weighted by Gasteiger charge is 2.29. The van der Waals surface area contributed by atoms with Gasteiger partial charge in [0.25, 0.3) is 0 Å². The first kappa shape index (κ1) is 28.0. The SMILES string of the molecule is CC(C)(C)OC(=O)C1CC=c2ccc3c(c2C1)CC(SCc1ccc(CS(C)(=O)=O)cc1)=c1c(Cl)cccc1=3. The molecule has 0 saturated heterocycles. The fraction of sp³-hybridized carbons (Fsp3) is 0.344. The van der Waals surface area contributed by atoms with Crippen LogP contribution in [0.2, 0.25) is 5.02 Å². The fourth-order valence-corrected chi connectivity index (χ4v) is 7.66. The number of fused-ring (bicyclic) bond motifs is 4. The molecule has 0 amide bonds. The molecule has 0 N–H and O–H groups in total. The van der Waals surface area contributed by atoms with Gasteiger partial charge in [0.05, 0.1) is 11.7 Å². The van der Waals surface area contributed by atoms with Crippen molar-refractivity contribution in [1.82, 2.24) is 0 Å². The van der Waals surface area contributed by atoms with Crippen molar-refractivity contribution in [3.8, 4) is 0 Å². The lowest BCUT2D eigenvalue weighted by Crippen LogP contribution is -2.33. The summed E-state index contributed by atoms with van der Waals surface area (Å²) in [6.07, 6.45) is 5.53. The number of esters is 1. The zero-order valence-corrected chi connectivity index (χ0v) is 25.1. The summed E-state index contributed by atoms with van der Waals surface area (Å²) in [6.45, 7) is 5.73. The summed E-state index contributed by atoms with van der Waals surface area (Å²) in [5.41, 5.74) is 3.89. The summed E-state index contributed by atoms with van der Waals surface area (Å²) in [5.74, 6) is 0.463. The van der Waals surface area contributed by atoms with Crippen LogP contribution in [0.5, 0.6) is 0 Å². The van der Waals surface area contributed by atoms with Crippen LogP contribution in [-0.4, -0.2) is 26.2 Å². The van der Waals surface area contributed by atoms with Gasteiger partial charge in [-0.05, 0) is 82.5 Å². The van der Waals surface area contributed by atoms with Crippen LogP contribution < -0.4 is 10.4 Å². The number of hydrogen-bond donors (Lipinski definition) is 0. The summed E-state index contributed by atoms with van der Waals surface area (Å²) in [6, 6.07) is 18.2. The Labute approximate surface area is 239 Å². The molecule has 0 aliphatic heterocycles. The Hall–Kier alpha value is -2.54. The van der Waals surface area contributed by atoms with Crippen molar-refractivity contribution >= 4 is 50.2 Å². The number of hydrogen-bond acceptors (Lipinski definition) is 5. The van der Waals surface area contributed by atoms with Gasteiger partial charge in [0.2, 0.25) is 0 Å². The van der Waals surface area contributed by atoms with Gasteiger partial charge in [-0.3, -0.25) is 4.79 Å². The van der Waals surface area contributed by atoms with Crippen molar-refractivity contribution in [2.75, 3.05) is 6.26 Å². The maximum atomic E-state index is 13.0. The number of carbonyl (C=O) groups is 1. The lowest BCUT2D eigenvalue weighted by Gasteiger charge is -2.27. The van der Waals surface area contributed by atoms with Gasteiger partial charge in [-0.25, -0.2) is 8.42 Å². The van der Waals surface area contributed by atoms with Crippen LogP contribution in [0, 0.1) is 16.4 Å². The van der Waals surface area contributed by atoms with E-state index >= 15 is 0 Å². The Balaban J connectivity index is 1.50. The van der Waals surface area contributed by atoms with Crippen LogP contribution in [0.25, 0.3) is 11.0 Å². The van der Waals surface area contributed by atoms with E-state index in [0.717, 1.165) is 38.8 Å². The predicted molar refractivity (Wildman–Crippen MR) is 160 cm³/mol. The fourth-order valence-electron chi connectivity index (χ4n) is 5.37. The number of thioether (sulfide) groups is 1. The summed E-state index contributed by atoms with van der Waals surface area (Å²) in [7, 11) is -3.07. The van der Waals surface area contributed by atoms with Crippen LogP contribution in [0.1, 0.15) is 49.4 Å². The monoisotopic (exact) mass is 580 g/mol. The van der Waals surface area contributed by atoms with Gasteiger partial charge in [0, 0.05) is 28.7 Å². The summed E-state index contributed by atoms with van der Waals surface area (Å²) in [4.78, 5) is 14.2. The Kier molecular flexibility index (Phi) is 7.75. The molecule has 1 atom stereocenters. The highest BCUT2D eigenvalue weighted by atomic mass is 35.5. The third-order valence-electron chi connectivity index (χ3n) is 7.07. The first-order valence-corrected chi connectivity index (χ1v) is 16.5. The molecule has 0 spiro atoms. The molecule has 0 heterocycles. The van der Waals surface area contributed by atoms with Gasteiger partial charge in [-0.15, -0.1) is 11.8 Å². The van der Waals surface area contributed by atoms with Crippen LogP contribution >= 0.6 is 23.4 Å². The molecule has 39 heavy (non-hydrogen) atoms. The topological polar surface area (TPSA) is 60.4 Å². The molecule has 3 aromatic rings. The zero-order valence-electron chi connectivity index (χ0n) is 22.7. The Morgan fingerprint density at radius 1 is 1.00 bits per heavy atom. The minimum Gasteiger partial charge on any atom is -0.460 e. The highest BCUT2D eigenvalue weighted by Crippen LogP contribution is 2.32. The summed E-state index contributed by atoms with van der Waals surface area (Å²) >= 11 is 8.55. The molecule has 2 aliphatic carbocycles. The first-order chi connectivity index (χ1) is 18.4. The van der Waals surface area contributed by atoms with Gasteiger partial charge >= 0.3 is 5.97 Å². The summed E-state index contributed by atoms with van der Waals surface area (Å²) in [5, 5.41) is 5.31. The second-order valence-electron chi connectivity index (χ2n) is 11.5. The number of rotatable bonds is 6. The molecule has 5 rings (SSSR count). The molecule has 204 valence electrons. The highest BCUT2D eigenvalue weighted by molar-refractivity contribution is 8.07. The molecule has 0 bridgehead atoms. The average Bonchev–Trinajstić information content (AvgIpc) is 2.86. The molecule has 0 aromatic heterocycles. The molecule has 0 fully saturated rings. The van der Waals surface area contributed by atoms with Crippen LogP contribution in [0.15, 0.2) is 54.6 Å². The lowest BCUT2D eigenvalue weighted by molar-refractivity contribution is -0.159. The third kappa shape index (κ3) is 6.45. The van der Waals surface area contributed by atoms with Crippen molar-refractivity contribution < 1.29 is 17.9 Å². The second-order valence-corrected chi connectivity index (χ2v) is 15.1. The van der Waals surface area contributed by atoms with Crippen LogP contribution in [0.4, 0.5) is 0 Å². The number of carbonyl (C=O) groups excluding carboxylic acids is 1. The van der Waals surface area contributed by atoms with Crippen molar-refractivity contribution in [1.29, 1.82) is 0 Å². The number of ether oxygens (including phenoxy) is 1. The molecule has 7 heteroatoms. The summed E-state index contributed by atoms with van der Waals surface area (Å²) < 4.78 is 29.0. The molecule has 2 aliphatic rings. The van der Waals surface area contributed by atoms with Gasteiger partial charge < -0.3 is 4.74 Å². The number of halogens is 1. The van der Waals surface area contributed by atoms with Gasteiger partial charge in [-0.2, -0.15) is 0 Å². The zero-order chi connectivity index (χ0) is 27.9. The minimum atomic E-state index is -3.07. The van der Waals surface area contributed by atoms with E-state index in [1.165, 1.54) is 32.7 Å². The lowest BCUT2D eigenvalue weighted by atomic mass is 9.84. The van der Waals surface area contributed by atoms with Gasteiger partial charge in [0.1, 0.15) is 5.60 Å². The van der Waals surface area contributed by atoms with Crippen molar-refractivity contribution in [3.05, 3.63) is 103 Å². The van der Waals surface area contributed by atoms with Crippen LogP contribution in [-0.2, 0) is 43.7 Å². The molecule has 3 aromatic carbocycles. The first-order valence-electron chi connectivity index (χ1n) is 13.1. The Bertz CT molecular complexity index is 1770. The van der Waals surface area contributed by atoms with E-state index in [1.807, 2.05) is 57.2 Å². The van der Waals surface area contributed by atoms with Crippen LogP contribution in [0.3, 0.4) is 0 Å². The van der Waals surface area contributed by atoms with E-state index in [2.05, 4.69) is 24.3 Å². The van der Waals surface area contributed by atoms with Crippen molar-refractivity contribution in [2.45, 2.75) is 57.1 Å². The predicted octanol–water partition coefficient (Wildman–Crippen LogP) is 5.45. The van der Waals surface area contributed by atoms with E-state index in [1.54, 1.807) is 11.8 Å².